The Bertz CT molecular complexity index is 727. The molecule has 6 heteroatoms. The molecule has 0 saturated heterocycles. The Morgan fingerprint density at radius 1 is 1.18 bits per heavy atom. The second kappa shape index (κ2) is 6.68. The van der Waals surface area contributed by atoms with Gasteiger partial charge in [-0.25, -0.2) is 0 Å². The molecule has 0 unspecified atom stereocenters. The summed E-state index contributed by atoms with van der Waals surface area (Å²) in [4.78, 5) is 5.84. The molecule has 1 aromatic carbocycles. The maximum Gasteiger partial charge on any atom is 0.234 e. The fraction of sp³-hybridized carbons (Fsp3) is 0.250. The zero-order valence-corrected chi connectivity index (χ0v) is 13.0. The molecule has 0 N–H and O–H groups in total. The highest BCUT2D eigenvalue weighted by atomic mass is 16.5. The van der Waals surface area contributed by atoms with E-state index in [-0.39, 0.29) is 5.69 Å². The number of nitrogens with zero attached hydrogens (tertiary/aromatic N) is 3. The van der Waals surface area contributed by atoms with Gasteiger partial charge in [0, 0.05) is 20.2 Å². The molecule has 6 nitrogen and oxygen atoms in total. The van der Waals surface area contributed by atoms with Crippen molar-refractivity contribution in [2.24, 2.45) is 0 Å². The number of nitriles is 1. The Balaban J connectivity index is 2.27. The number of benzene rings is 1. The van der Waals surface area contributed by atoms with Gasteiger partial charge >= 0.3 is 0 Å². The lowest BCUT2D eigenvalue weighted by molar-refractivity contribution is 0.355. The molecular weight excluding hydrogens is 282 g/mol. The van der Waals surface area contributed by atoms with Gasteiger partial charge in [0.25, 0.3) is 0 Å². The maximum atomic E-state index is 9.04. The van der Waals surface area contributed by atoms with Gasteiger partial charge in [0.1, 0.15) is 6.07 Å². The van der Waals surface area contributed by atoms with Crippen molar-refractivity contribution in [1.29, 1.82) is 5.26 Å². The monoisotopic (exact) mass is 299 g/mol. The molecule has 2 rings (SSSR count). The van der Waals surface area contributed by atoms with Crippen LogP contribution in [-0.2, 0) is 0 Å². The normalized spacial score (nSPS) is 10.5. The van der Waals surface area contributed by atoms with Crippen LogP contribution in [0, 0.1) is 11.3 Å². The lowest BCUT2D eigenvalue weighted by Gasteiger charge is -2.07. The molecule has 0 aliphatic carbocycles. The van der Waals surface area contributed by atoms with Crippen LogP contribution in [0.2, 0.25) is 0 Å². The van der Waals surface area contributed by atoms with Crippen LogP contribution in [0.1, 0.15) is 17.1 Å². The Kier molecular flexibility index (Phi) is 4.69. The highest BCUT2D eigenvalue weighted by Crippen LogP contribution is 2.28. The highest BCUT2D eigenvalue weighted by molar-refractivity contribution is 5.69. The zero-order valence-electron chi connectivity index (χ0n) is 13.0. The molecule has 0 aliphatic rings. The molecule has 22 heavy (non-hydrogen) atoms. The smallest absolute Gasteiger partial charge is 0.234 e. The van der Waals surface area contributed by atoms with E-state index in [1.807, 2.05) is 30.3 Å². The number of hydrogen-bond acceptors (Lipinski definition) is 6. The van der Waals surface area contributed by atoms with E-state index in [0.717, 1.165) is 5.56 Å². The first-order valence-electron chi connectivity index (χ1n) is 6.57. The molecule has 1 heterocycles. The van der Waals surface area contributed by atoms with E-state index in [4.69, 9.17) is 19.2 Å². The van der Waals surface area contributed by atoms with Gasteiger partial charge in [-0.15, -0.1) is 0 Å². The minimum absolute atomic E-state index is 0.261. The third kappa shape index (κ3) is 3.20. The van der Waals surface area contributed by atoms with Gasteiger partial charge in [-0.05, 0) is 23.8 Å². The Labute approximate surface area is 129 Å². The second-order valence-corrected chi connectivity index (χ2v) is 4.66. The molecule has 114 valence electrons. The van der Waals surface area contributed by atoms with Gasteiger partial charge < -0.3 is 18.8 Å². The molecule has 0 saturated carbocycles. The molecular formula is C16H17N3O3. The standard InChI is InChI=1S/C16H17N3O3/c1-19(2)16-12(10-17)18-15(22-16)8-6-11-5-7-13(20-3)14(9-11)21-4/h5-9H,1-4H3. The van der Waals surface area contributed by atoms with E-state index >= 15 is 0 Å². The van der Waals surface area contributed by atoms with Crippen LogP contribution in [0.4, 0.5) is 5.88 Å². The number of aromatic nitrogens is 1. The predicted molar refractivity (Wildman–Crippen MR) is 84.0 cm³/mol. The fourth-order valence-corrected chi connectivity index (χ4v) is 1.90. The van der Waals surface area contributed by atoms with Crippen LogP contribution in [0.3, 0.4) is 0 Å². The first-order chi connectivity index (χ1) is 10.6. The predicted octanol–water partition coefficient (Wildman–Crippen LogP) is 2.80. The minimum atomic E-state index is 0.261. The summed E-state index contributed by atoms with van der Waals surface area (Å²) >= 11 is 0. The zero-order chi connectivity index (χ0) is 16.1. The van der Waals surface area contributed by atoms with E-state index < -0.39 is 0 Å². The summed E-state index contributed by atoms with van der Waals surface area (Å²) in [6, 6.07) is 7.56. The Hall–Kier alpha value is -2.94. The largest absolute Gasteiger partial charge is 0.493 e. The third-order valence-corrected chi connectivity index (χ3v) is 2.96. The molecule has 0 radical (unpaired) electrons. The Morgan fingerprint density at radius 2 is 1.91 bits per heavy atom. The van der Waals surface area contributed by atoms with Crippen molar-refractivity contribution in [3.63, 3.8) is 0 Å². The number of anilines is 1. The summed E-state index contributed by atoms with van der Waals surface area (Å²) in [6.07, 6.45) is 3.53. The summed E-state index contributed by atoms with van der Waals surface area (Å²) in [5.41, 5.74) is 1.16. The Morgan fingerprint density at radius 3 is 2.45 bits per heavy atom. The van der Waals surface area contributed by atoms with Crippen molar-refractivity contribution in [3.05, 3.63) is 35.3 Å². The number of rotatable bonds is 5. The quantitative estimate of drug-likeness (QED) is 0.845. The van der Waals surface area contributed by atoms with Gasteiger partial charge in [0.05, 0.1) is 14.2 Å². The van der Waals surface area contributed by atoms with Gasteiger partial charge in [0.15, 0.2) is 11.5 Å². The first kappa shape index (κ1) is 15.4. The number of hydrogen-bond donors (Lipinski definition) is 0. The lowest BCUT2D eigenvalue weighted by Crippen LogP contribution is -2.08. The molecule has 0 aliphatic heterocycles. The average molecular weight is 299 g/mol. The van der Waals surface area contributed by atoms with Crippen LogP contribution >= 0.6 is 0 Å². The summed E-state index contributed by atoms with van der Waals surface area (Å²) in [6.45, 7) is 0. The SMILES string of the molecule is COc1ccc(C=Cc2nc(C#N)c(N(C)C)o2)cc1OC. The van der Waals surface area contributed by atoms with Crippen molar-refractivity contribution in [2.75, 3.05) is 33.2 Å². The minimum Gasteiger partial charge on any atom is -0.493 e. The maximum absolute atomic E-state index is 9.04. The van der Waals surface area contributed by atoms with Crippen molar-refractivity contribution >= 4 is 18.0 Å². The van der Waals surface area contributed by atoms with Crippen LogP contribution in [0.15, 0.2) is 22.6 Å². The van der Waals surface area contributed by atoms with E-state index in [1.165, 1.54) is 0 Å². The summed E-state index contributed by atoms with van der Waals surface area (Å²) < 4.78 is 16.0. The molecule has 2 aromatic rings. The van der Waals surface area contributed by atoms with Crippen molar-refractivity contribution in [3.8, 4) is 17.6 Å². The van der Waals surface area contributed by atoms with E-state index in [0.29, 0.717) is 23.3 Å². The van der Waals surface area contributed by atoms with Crippen LogP contribution < -0.4 is 14.4 Å². The molecule has 0 atom stereocenters. The summed E-state index contributed by atoms with van der Waals surface area (Å²) in [5, 5.41) is 9.04. The van der Waals surface area contributed by atoms with Crippen LogP contribution in [-0.4, -0.2) is 33.3 Å². The van der Waals surface area contributed by atoms with E-state index in [2.05, 4.69) is 4.98 Å². The number of ether oxygens (including phenoxy) is 2. The molecule has 0 spiro atoms. The topological polar surface area (TPSA) is 71.5 Å². The van der Waals surface area contributed by atoms with Crippen molar-refractivity contribution in [1.82, 2.24) is 4.98 Å². The molecule has 1 aromatic heterocycles. The van der Waals surface area contributed by atoms with Gasteiger partial charge in [-0.1, -0.05) is 6.07 Å². The van der Waals surface area contributed by atoms with Crippen LogP contribution in [0.5, 0.6) is 11.5 Å². The second-order valence-electron chi connectivity index (χ2n) is 4.66. The summed E-state index contributed by atoms with van der Waals surface area (Å²) in [7, 11) is 6.76. The molecule has 0 amide bonds. The van der Waals surface area contributed by atoms with Gasteiger partial charge in [-0.2, -0.15) is 10.2 Å². The van der Waals surface area contributed by atoms with Crippen molar-refractivity contribution in [2.45, 2.75) is 0 Å². The van der Waals surface area contributed by atoms with Gasteiger partial charge in [0.2, 0.25) is 17.5 Å². The summed E-state index contributed by atoms with van der Waals surface area (Å²) in [5.74, 6) is 2.12. The average Bonchev–Trinajstić information content (AvgIpc) is 2.96. The lowest BCUT2D eigenvalue weighted by atomic mass is 10.2. The van der Waals surface area contributed by atoms with Crippen LogP contribution in [0.25, 0.3) is 12.2 Å². The molecule has 0 bridgehead atoms. The first-order valence-corrected chi connectivity index (χ1v) is 6.57. The third-order valence-electron chi connectivity index (χ3n) is 2.96. The number of oxazole rings is 1. The molecule has 0 fully saturated rings. The fourth-order valence-electron chi connectivity index (χ4n) is 1.90. The van der Waals surface area contributed by atoms with Gasteiger partial charge in [-0.3, -0.25) is 0 Å². The van der Waals surface area contributed by atoms with E-state index in [1.54, 1.807) is 39.3 Å². The van der Waals surface area contributed by atoms with E-state index in [9.17, 15) is 0 Å². The van der Waals surface area contributed by atoms with Crippen molar-refractivity contribution < 1.29 is 13.9 Å². The highest BCUT2D eigenvalue weighted by Gasteiger charge is 2.12. The number of methoxy groups -OCH3 is 2.